The first-order valence-electron chi connectivity index (χ1n) is 2.86. The topological polar surface area (TPSA) is 17.8 Å². The Morgan fingerprint density at radius 1 is 1.55 bits per heavy atom. The summed E-state index contributed by atoms with van der Waals surface area (Å²) in [5.74, 6) is 0. The summed E-state index contributed by atoms with van der Waals surface area (Å²) in [6, 6.07) is 0. The second kappa shape index (κ2) is 2.88. The second-order valence-electron chi connectivity index (χ2n) is 2.09. The fourth-order valence-electron chi connectivity index (χ4n) is 0.650. The first-order chi connectivity index (χ1) is 4.97. The van der Waals surface area contributed by atoms with Gasteiger partial charge in [-0.15, -0.1) is 0 Å². The lowest BCUT2D eigenvalue weighted by molar-refractivity contribution is 0.436. The van der Waals surface area contributed by atoms with E-state index in [4.69, 9.17) is 0 Å². The van der Waals surface area contributed by atoms with E-state index in [9.17, 15) is 12.9 Å². The number of hydrogen-bond donors (Lipinski definition) is 0. The molecule has 0 radical (unpaired) electrons. The molecule has 1 aromatic rings. The van der Waals surface area contributed by atoms with Crippen molar-refractivity contribution in [1.82, 2.24) is 9.78 Å². The second-order valence-corrected chi connectivity index (χ2v) is 3.01. The van der Waals surface area contributed by atoms with Gasteiger partial charge in [0, 0.05) is 12.6 Å². The zero-order valence-electron chi connectivity index (χ0n) is 5.35. The van der Waals surface area contributed by atoms with Crippen molar-refractivity contribution >= 4 is 22.9 Å². The van der Waals surface area contributed by atoms with Gasteiger partial charge in [-0.05, 0) is 15.9 Å². The van der Waals surface area contributed by atoms with Crippen LogP contribution in [-0.2, 0) is 6.44 Å². The van der Waals surface area contributed by atoms with E-state index < -0.39 is 13.4 Å². The van der Waals surface area contributed by atoms with Crippen LogP contribution in [-0.4, -0.2) is 16.8 Å². The molecule has 0 unspecified atom stereocenters. The molecule has 0 N–H and O–H groups in total. The maximum absolute atomic E-state index is 11.7. The Morgan fingerprint density at radius 3 is 2.55 bits per heavy atom. The molecule has 11 heavy (non-hydrogen) atoms. The van der Waals surface area contributed by atoms with E-state index >= 15 is 0 Å². The average molecular weight is 228 g/mol. The van der Waals surface area contributed by atoms with Crippen LogP contribution >= 0.6 is 15.9 Å². The van der Waals surface area contributed by atoms with E-state index in [2.05, 4.69) is 21.0 Å². The fraction of sp³-hybridized carbons (Fsp3) is 0.250. The summed E-state index contributed by atoms with van der Waals surface area (Å²) in [6.07, 6.45) is 1.63. The number of rotatable bonds is 2. The summed E-state index contributed by atoms with van der Waals surface area (Å²) in [6.45, 7) is -4.79. The lowest BCUT2D eigenvalue weighted by Gasteiger charge is -2.12. The maximum Gasteiger partial charge on any atom is 0.499 e. The van der Waals surface area contributed by atoms with Gasteiger partial charge in [0.2, 0.25) is 0 Å². The summed E-state index contributed by atoms with van der Waals surface area (Å²) in [5.41, 5.74) is 0. The lowest BCUT2D eigenvalue weighted by atomic mass is 9.93. The van der Waals surface area contributed by atoms with Crippen molar-refractivity contribution in [3.8, 4) is 0 Å². The Bertz CT molecular complexity index is 246. The zero-order valence-corrected chi connectivity index (χ0v) is 6.93. The summed E-state index contributed by atoms with van der Waals surface area (Å²) in [4.78, 5) is 0. The van der Waals surface area contributed by atoms with E-state index in [1.165, 1.54) is 12.4 Å². The van der Waals surface area contributed by atoms with Crippen LogP contribution in [0.4, 0.5) is 12.9 Å². The third kappa shape index (κ3) is 2.96. The van der Waals surface area contributed by atoms with Crippen LogP contribution < -0.4 is 0 Å². The van der Waals surface area contributed by atoms with Gasteiger partial charge in [-0.25, -0.2) is 0 Å². The Morgan fingerprint density at radius 2 is 2.18 bits per heavy atom. The van der Waals surface area contributed by atoms with Gasteiger partial charge in [-0.3, -0.25) is 4.68 Å². The van der Waals surface area contributed by atoms with Crippen LogP contribution in [0.1, 0.15) is 0 Å². The highest BCUT2D eigenvalue weighted by molar-refractivity contribution is 9.10. The average Bonchev–Trinajstić information content (AvgIpc) is 2.10. The monoisotopic (exact) mass is 227 g/mol. The molecule has 0 aliphatic carbocycles. The summed E-state index contributed by atoms with van der Waals surface area (Å²) in [7, 11) is 0. The molecule has 62 valence electrons. The van der Waals surface area contributed by atoms with E-state index in [-0.39, 0.29) is 0 Å². The molecule has 7 heteroatoms. The highest BCUT2D eigenvalue weighted by Gasteiger charge is 2.23. The Balaban J connectivity index is 2.65. The van der Waals surface area contributed by atoms with E-state index in [0.717, 1.165) is 4.68 Å². The molecule has 0 spiro atoms. The van der Waals surface area contributed by atoms with Crippen molar-refractivity contribution in [3.05, 3.63) is 16.9 Å². The minimum Gasteiger partial charge on any atom is -0.448 e. The number of nitrogens with zero attached hydrogens (tertiary/aromatic N) is 2. The summed E-state index contributed by atoms with van der Waals surface area (Å²) < 4.78 is 36.6. The quantitative estimate of drug-likeness (QED) is 0.708. The van der Waals surface area contributed by atoms with Gasteiger partial charge in [0.1, 0.15) is 0 Å². The van der Waals surface area contributed by atoms with Gasteiger partial charge < -0.3 is 12.9 Å². The first kappa shape index (κ1) is 8.64. The van der Waals surface area contributed by atoms with Crippen LogP contribution in [0.25, 0.3) is 0 Å². The van der Waals surface area contributed by atoms with Crippen molar-refractivity contribution in [2.75, 3.05) is 0 Å². The molecule has 0 bridgehead atoms. The predicted octanol–water partition coefficient (Wildman–Crippen LogP) is 2.03. The normalized spacial score (nSPS) is 12.0. The molecule has 1 aromatic heterocycles. The first-order valence-corrected chi connectivity index (χ1v) is 3.65. The summed E-state index contributed by atoms with van der Waals surface area (Å²) in [5, 5.41) is 3.47. The molecule has 0 aromatic carbocycles. The molecule has 0 amide bonds. The lowest BCUT2D eigenvalue weighted by Crippen LogP contribution is -2.24. The van der Waals surface area contributed by atoms with Crippen molar-refractivity contribution in [1.29, 1.82) is 0 Å². The number of aromatic nitrogens is 2. The molecule has 0 aliphatic heterocycles. The van der Waals surface area contributed by atoms with Crippen LogP contribution in [0.3, 0.4) is 0 Å². The molecule has 0 saturated heterocycles. The van der Waals surface area contributed by atoms with Crippen LogP contribution in [0.5, 0.6) is 0 Å². The van der Waals surface area contributed by atoms with Gasteiger partial charge in [0.15, 0.2) is 0 Å². The van der Waals surface area contributed by atoms with E-state index in [1.54, 1.807) is 0 Å². The minimum absolute atomic E-state index is 0.553. The van der Waals surface area contributed by atoms with Crippen molar-refractivity contribution in [3.63, 3.8) is 0 Å². The van der Waals surface area contributed by atoms with Crippen molar-refractivity contribution < 1.29 is 12.9 Å². The predicted molar refractivity (Wildman–Crippen MR) is 39.0 cm³/mol. The zero-order chi connectivity index (χ0) is 8.48. The third-order valence-corrected chi connectivity index (χ3v) is 1.41. The SMILES string of the molecule is F[B-](F)(F)Cn1cc(Br)cn1. The van der Waals surface area contributed by atoms with Gasteiger partial charge in [0.05, 0.1) is 10.7 Å². The van der Waals surface area contributed by atoms with Gasteiger partial charge in [-0.1, -0.05) is 0 Å². The number of hydrogen-bond acceptors (Lipinski definition) is 1. The molecular weight excluding hydrogens is 224 g/mol. The van der Waals surface area contributed by atoms with Gasteiger partial charge in [0.25, 0.3) is 0 Å². The third-order valence-electron chi connectivity index (χ3n) is 0.996. The van der Waals surface area contributed by atoms with Crippen LogP contribution in [0.2, 0.25) is 0 Å². The van der Waals surface area contributed by atoms with Crippen molar-refractivity contribution in [2.45, 2.75) is 6.44 Å². The van der Waals surface area contributed by atoms with Gasteiger partial charge in [-0.2, -0.15) is 5.10 Å². The number of halogens is 4. The highest BCUT2D eigenvalue weighted by atomic mass is 79.9. The van der Waals surface area contributed by atoms with E-state index in [1.807, 2.05) is 0 Å². The van der Waals surface area contributed by atoms with Crippen LogP contribution in [0, 0.1) is 0 Å². The minimum atomic E-state index is -4.79. The molecule has 0 saturated carbocycles. The van der Waals surface area contributed by atoms with Crippen LogP contribution in [0.15, 0.2) is 16.9 Å². The molecule has 0 fully saturated rings. The Kier molecular flexibility index (Phi) is 2.27. The molecule has 1 heterocycles. The molecule has 1 rings (SSSR count). The maximum atomic E-state index is 11.7. The van der Waals surface area contributed by atoms with Gasteiger partial charge >= 0.3 is 6.98 Å². The largest absolute Gasteiger partial charge is 0.499 e. The smallest absolute Gasteiger partial charge is 0.448 e. The summed E-state index contributed by atoms with van der Waals surface area (Å²) >= 11 is 3.00. The fourth-order valence-corrected chi connectivity index (χ4v) is 0.978. The molecular formula is C4H4BBrF3N2-. The Labute approximate surface area is 69.6 Å². The molecule has 0 atom stereocenters. The Hall–Kier alpha value is -0.455. The molecule has 0 aliphatic rings. The molecule has 2 nitrogen and oxygen atoms in total. The standard InChI is InChI=1S/C4H4BBrF3N2/c6-4-1-10-11(2-4)3-5(7,8)9/h1-2H,3H2/q-1. The van der Waals surface area contributed by atoms with E-state index in [0.29, 0.717) is 4.47 Å². The highest BCUT2D eigenvalue weighted by Crippen LogP contribution is 2.13. The van der Waals surface area contributed by atoms with Crippen molar-refractivity contribution in [2.24, 2.45) is 0 Å².